The Bertz CT molecular complexity index is 741. The third kappa shape index (κ3) is 3.34. The van der Waals surface area contributed by atoms with Crippen molar-refractivity contribution >= 4 is 50.7 Å². The minimum absolute atomic E-state index is 0.355. The summed E-state index contributed by atoms with van der Waals surface area (Å²) in [5, 5.41) is 4.60. The van der Waals surface area contributed by atoms with E-state index in [0.29, 0.717) is 32.3 Å². The number of nitrogens with zero attached hydrogens (tertiary/aromatic N) is 2. The molecule has 0 saturated heterocycles. The van der Waals surface area contributed by atoms with Crippen LogP contribution in [-0.2, 0) is 6.54 Å². The quantitative estimate of drug-likeness (QED) is 0.771. The number of carbonyl (C=O) groups excluding carboxylic acids is 2. The summed E-state index contributed by atoms with van der Waals surface area (Å²) in [6.07, 6.45) is 0. The average Bonchev–Trinajstić information content (AvgIpc) is 2.95. The van der Waals surface area contributed by atoms with Crippen LogP contribution in [0.25, 0.3) is 0 Å². The molecule has 0 bridgehead atoms. The summed E-state index contributed by atoms with van der Waals surface area (Å²) in [5.74, 6) is -0.904. The number of rotatable bonds is 3. The standard InChI is InChI=1S/C13H14BrClN4O2S/c1-4-19-10(9(14)7(3)18-19)12(20)16-17-13(21)11-8(15)5-6(2)22-11/h5H,4H2,1-3H3,(H,16,20)(H,17,21). The maximum Gasteiger partial charge on any atom is 0.289 e. The Labute approximate surface area is 144 Å². The predicted octanol–water partition coefficient (Wildman–Crippen LogP) is 3.07. The van der Waals surface area contributed by atoms with Gasteiger partial charge in [-0.1, -0.05) is 11.6 Å². The Morgan fingerprint density at radius 2 is 2.00 bits per heavy atom. The normalized spacial score (nSPS) is 10.6. The zero-order chi connectivity index (χ0) is 16.4. The number of amides is 2. The fraction of sp³-hybridized carbons (Fsp3) is 0.308. The van der Waals surface area contributed by atoms with Crippen molar-refractivity contribution in [2.24, 2.45) is 0 Å². The number of hydrazine groups is 1. The Balaban J connectivity index is 2.10. The third-order valence-corrected chi connectivity index (χ3v) is 5.28. The van der Waals surface area contributed by atoms with Crippen molar-refractivity contribution in [3.05, 3.63) is 36.7 Å². The van der Waals surface area contributed by atoms with Crippen LogP contribution >= 0.6 is 38.9 Å². The molecule has 0 atom stereocenters. The highest BCUT2D eigenvalue weighted by Gasteiger charge is 2.21. The van der Waals surface area contributed by atoms with Gasteiger partial charge in [-0.05, 0) is 42.8 Å². The molecule has 2 heterocycles. The van der Waals surface area contributed by atoms with Crippen LogP contribution in [0.4, 0.5) is 0 Å². The Morgan fingerprint density at radius 3 is 2.55 bits per heavy atom. The first kappa shape index (κ1) is 17.0. The lowest BCUT2D eigenvalue weighted by Gasteiger charge is -2.08. The smallest absolute Gasteiger partial charge is 0.266 e. The van der Waals surface area contributed by atoms with E-state index in [4.69, 9.17) is 11.6 Å². The molecule has 2 N–H and O–H groups in total. The van der Waals surface area contributed by atoms with Crippen LogP contribution in [0.2, 0.25) is 5.02 Å². The highest BCUT2D eigenvalue weighted by Crippen LogP contribution is 2.26. The average molecular weight is 406 g/mol. The van der Waals surface area contributed by atoms with E-state index in [2.05, 4.69) is 31.9 Å². The fourth-order valence-corrected chi connectivity index (χ4v) is 3.57. The van der Waals surface area contributed by atoms with Crippen molar-refractivity contribution in [2.45, 2.75) is 27.3 Å². The Morgan fingerprint density at radius 1 is 1.36 bits per heavy atom. The van der Waals surface area contributed by atoms with Gasteiger partial charge in [0.05, 0.1) is 15.2 Å². The molecular weight excluding hydrogens is 392 g/mol. The van der Waals surface area contributed by atoms with E-state index >= 15 is 0 Å². The molecule has 6 nitrogen and oxygen atoms in total. The van der Waals surface area contributed by atoms with Crippen molar-refractivity contribution < 1.29 is 9.59 Å². The van der Waals surface area contributed by atoms with Crippen molar-refractivity contribution in [3.63, 3.8) is 0 Å². The van der Waals surface area contributed by atoms with E-state index in [1.54, 1.807) is 17.7 Å². The van der Waals surface area contributed by atoms with Gasteiger partial charge >= 0.3 is 0 Å². The van der Waals surface area contributed by atoms with Crippen molar-refractivity contribution in [2.75, 3.05) is 0 Å². The van der Waals surface area contributed by atoms with Gasteiger partial charge in [0.25, 0.3) is 11.8 Å². The highest BCUT2D eigenvalue weighted by atomic mass is 79.9. The number of thiophene rings is 1. The summed E-state index contributed by atoms with van der Waals surface area (Å²) in [7, 11) is 0. The predicted molar refractivity (Wildman–Crippen MR) is 89.3 cm³/mol. The lowest BCUT2D eigenvalue weighted by atomic mass is 10.3. The largest absolute Gasteiger partial charge is 0.289 e. The minimum Gasteiger partial charge on any atom is -0.266 e. The highest BCUT2D eigenvalue weighted by molar-refractivity contribution is 9.10. The van der Waals surface area contributed by atoms with Gasteiger partial charge < -0.3 is 0 Å². The van der Waals surface area contributed by atoms with E-state index < -0.39 is 11.8 Å². The summed E-state index contributed by atoms with van der Waals surface area (Å²) in [4.78, 5) is 25.5. The number of halogens is 2. The molecule has 0 unspecified atom stereocenters. The molecule has 2 aromatic heterocycles. The van der Waals surface area contributed by atoms with Crippen LogP contribution in [-0.4, -0.2) is 21.6 Å². The first-order valence-electron chi connectivity index (χ1n) is 6.44. The van der Waals surface area contributed by atoms with Gasteiger partial charge in [-0.3, -0.25) is 25.1 Å². The number of carbonyl (C=O) groups is 2. The molecular formula is C13H14BrClN4O2S. The third-order valence-electron chi connectivity index (χ3n) is 2.87. The molecule has 118 valence electrons. The van der Waals surface area contributed by atoms with Gasteiger partial charge in [0.15, 0.2) is 0 Å². The molecule has 2 rings (SSSR count). The van der Waals surface area contributed by atoms with Gasteiger partial charge in [-0.25, -0.2) is 0 Å². The zero-order valence-corrected chi connectivity index (χ0v) is 15.3. The second-order valence-corrected chi connectivity index (χ2v) is 6.96. The lowest BCUT2D eigenvalue weighted by molar-refractivity contribution is 0.0842. The molecule has 0 saturated carbocycles. The Hall–Kier alpha value is -1.38. The van der Waals surface area contributed by atoms with Crippen LogP contribution < -0.4 is 10.9 Å². The van der Waals surface area contributed by atoms with Crippen LogP contribution in [0.5, 0.6) is 0 Å². The molecule has 22 heavy (non-hydrogen) atoms. The van der Waals surface area contributed by atoms with Gasteiger partial charge in [-0.2, -0.15) is 5.10 Å². The number of hydrogen-bond donors (Lipinski definition) is 2. The summed E-state index contributed by atoms with van der Waals surface area (Å²) in [6, 6.07) is 1.70. The van der Waals surface area contributed by atoms with E-state index in [1.807, 2.05) is 13.8 Å². The van der Waals surface area contributed by atoms with Gasteiger partial charge in [0.1, 0.15) is 10.6 Å². The second kappa shape index (κ2) is 6.80. The van der Waals surface area contributed by atoms with Crippen molar-refractivity contribution in [3.8, 4) is 0 Å². The van der Waals surface area contributed by atoms with Gasteiger partial charge in [-0.15, -0.1) is 11.3 Å². The maximum absolute atomic E-state index is 12.2. The molecule has 0 radical (unpaired) electrons. The van der Waals surface area contributed by atoms with E-state index in [0.717, 1.165) is 4.88 Å². The molecule has 2 amide bonds. The number of aromatic nitrogens is 2. The SMILES string of the molecule is CCn1nc(C)c(Br)c1C(=O)NNC(=O)c1sc(C)cc1Cl. The van der Waals surface area contributed by atoms with Gasteiger partial charge in [0.2, 0.25) is 0 Å². The second-order valence-electron chi connectivity index (χ2n) is 4.51. The van der Waals surface area contributed by atoms with Gasteiger partial charge in [0, 0.05) is 11.4 Å². The molecule has 0 aliphatic heterocycles. The number of aryl methyl sites for hydroxylation is 3. The summed E-state index contributed by atoms with van der Waals surface area (Å²) >= 11 is 10.6. The van der Waals surface area contributed by atoms with E-state index in [1.165, 1.54) is 11.3 Å². The molecule has 0 aliphatic carbocycles. The lowest BCUT2D eigenvalue weighted by Crippen LogP contribution is -2.42. The molecule has 0 aliphatic rings. The minimum atomic E-state index is -0.452. The van der Waals surface area contributed by atoms with Crippen molar-refractivity contribution in [1.82, 2.24) is 20.6 Å². The summed E-state index contributed by atoms with van der Waals surface area (Å²) < 4.78 is 2.16. The maximum atomic E-state index is 12.2. The van der Waals surface area contributed by atoms with E-state index in [-0.39, 0.29) is 0 Å². The molecule has 0 spiro atoms. The Kier molecular flexibility index (Phi) is 5.25. The van der Waals surface area contributed by atoms with Crippen LogP contribution in [0.15, 0.2) is 10.5 Å². The monoisotopic (exact) mass is 404 g/mol. The molecule has 0 aromatic carbocycles. The van der Waals surface area contributed by atoms with Crippen molar-refractivity contribution in [1.29, 1.82) is 0 Å². The van der Waals surface area contributed by atoms with Crippen LogP contribution in [0, 0.1) is 13.8 Å². The summed E-state index contributed by atoms with van der Waals surface area (Å²) in [6.45, 7) is 6.06. The molecule has 0 fully saturated rings. The number of hydrogen-bond acceptors (Lipinski definition) is 4. The van der Waals surface area contributed by atoms with Crippen LogP contribution in [0.3, 0.4) is 0 Å². The molecule has 9 heteroatoms. The van der Waals surface area contributed by atoms with E-state index in [9.17, 15) is 9.59 Å². The fourth-order valence-electron chi connectivity index (χ4n) is 1.87. The topological polar surface area (TPSA) is 76.0 Å². The first-order valence-corrected chi connectivity index (χ1v) is 8.43. The zero-order valence-electron chi connectivity index (χ0n) is 12.2. The molecule has 2 aromatic rings. The first-order chi connectivity index (χ1) is 10.3. The summed E-state index contributed by atoms with van der Waals surface area (Å²) in [5.41, 5.74) is 5.81. The van der Waals surface area contributed by atoms with Crippen LogP contribution in [0.1, 0.15) is 37.7 Å². The number of nitrogens with one attached hydrogen (secondary N) is 2.